The van der Waals surface area contributed by atoms with Crippen molar-refractivity contribution in [2.75, 3.05) is 0 Å². The molecule has 164 valence electrons. The quantitative estimate of drug-likeness (QED) is 0.638. The van der Waals surface area contributed by atoms with Crippen LogP contribution in [0.3, 0.4) is 0 Å². The lowest BCUT2D eigenvalue weighted by Gasteiger charge is -2.64. The first-order valence-corrected chi connectivity index (χ1v) is 12.2. The largest absolute Gasteiger partial charge is 0.481 e. The zero-order valence-corrected chi connectivity index (χ0v) is 19.0. The van der Waals surface area contributed by atoms with Gasteiger partial charge >= 0.3 is 5.97 Å². The summed E-state index contributed by atoms with van der Waals surface area (Å²) >= 11 is 0. The van der Waals surface area contributed by atoms with Crippen LogP contribution in [-0.2, 0) is 11.3 Å². The lowest BCUT2D eigenvalue weighted by molar-refractivity contribution is -0.182. The molecule has 3 nitrogen and oxygen atoms in total. The van der Waals surface area contributed by atoms with Gasteiger partial charge in [-0.05, 0) is 91.9 Å². The average molecular weight is 410 g/mol. The maximum absolute atomic E-state index is 12.3. The van der Waals surface area contributed by atoms with Crippen molar-refractivity contribution in [3.63, 3.8) is 0 Å². The number of carboxylic acid groups (broad SMARTS) is 1. The standard InChI is InChI=1S/C27H39NO2/c1-24-14-10-21-25(2)12-7-13-26(3,23(29)30)20(25)11-15-27(21,18-24)16-22(24)28-17-19-8-5-4-6-9-19/h4-6,8-9,20-22,28H,7,10-18H2,1-3H3,(H,29,30)/t20?,21?,22-,24+,25-,26-,27+/m1/s1. The molecular weight excluding hydrogens is 370 g/mol. The lowest BCUT2D eigenvalue weighted by Crippen LogP contribution is -2.58. The van der Waals surface area contributed by atoms with Gasteiger partial charge in [-0.15, -0.1) is 0 Å². The summed E-state index contributed by atoms with van der Waals surface area (Å²) in [7, 11) is 0. The molecule has 0 aliphatic heterocycles. The van der Waals surface area contributed by atoms with Crippen molar-refractivity contribution in [3.8, 4) is 0 Å². The number of rotatable bonds is 4. The molecule has 1 aromatic rings. The predicted molar refractivity (Wildman–Crippen MR) is 120 cm³/mol. The molecule has 0 heterocycles. The van der Waals surface area contributed by atoms with Crippen LogP contribution in [0.5, 0.6) is 0 Å². The van der Waals surface area contributed by atoms with Crippen LogP contribution < -0.4 is 5.32 Å². The predicted octanol–water partition coefficient (Wildman–Crippen LogP) is 6.03. The highest BCUT2D eigenvalue weighted by atomic mass is 16.4. The highest BCUT2D eigenvalue weighted by Gasteiger charge is 2.67. The Kier molecular flexibility index (Phi) is 4.67. The second-order valence-corrected chi connectivity index (χ2v) is 12.1. The van der Waals surface area contributed by atoms with Gasteiger partial charge in [-0.25, -0.2) is 0 Å². The Morgan fingerprint density at radius 1 is 1.03 bits per heavy atom. The summed E-state index contributed by atoms with van der Waals surface area (Å²) in [6, 6.07) is 11.4. The molecule has 4 saturated carbocycles. The first-order chi connectivity index (χ1) is 14.2. The molecule has 3 heteroatoms. The highest BCUT2D eigenvalue weighted by Crippen LogP contribution is 2.73. The topological polar surface area (TPSA) is 49.3 Å². The van der Waals surface area contributed by atoms with E-state index in [0.29, 0.717) is 28.7 Å². The first-order valence-electron chi connectivity index (χ1n) is 12.2. The minimum absolute atomic E-state index is 0.194. The lowest BCUT2D eigenvalue weighted by atomic mass is 9.40. The van der Waals surface area contributed by atoms with E-state index < -0.39 is 11.4 Å². The molecule has 7 atom stereocenters. The van der Waals surface area contributed by atoms with E-state index in [2.05, 4.69) is 56.4 Å². The molecule has 5 rings (SSSR count). The van der Waals surface area contributed by atoms with Gasteiger partial charge < -0.3 is 10.4 Å². The summed E-state index contributed by atoms with van der Waals surface area (Å²) in [6.45, 7) is 8.02. The SMILES string of the molecule is C[C@@]12CCC[C@@](C)(C(=O)O)C1CC[C@@]13C[C@@H](NCc4ccccc4)[C@@](C)(CCC12)C3. The van der Waals surface area contributed by atoms with E-state index in [-0.39, 0.29) is 5.41 Å². The van der Waals surface area contributed by atoms with Crippen molar-refractivity contribution in [3.05, 3.63) is 35.9 Å². The van der Waals surface area contributed by atoms with Crippen molar-refractivity contribution >= 4 is 5.97 Å². The van der Waals surface area contributed by atoms with Crippen LogP contribution in [-0.4, -0.2) is 17.1 Å². The van der Waals surface area contributed by atoms with E-state index >= 15 is 0 Å². The van der Waals surface area contributed by atoms with Crippen molar-refractivity contribution in [1.29, 1.82) is 0 Å². The summed E-state index contributed by atoms with van der Waals surface area (Å²) in [5, 5.41) is 14.1. The Bertz CT molecular complexity index is 823. The molecule has 1 aromatic carbocycles. The van der Waals surface area contributed by atoms with Crippen molar-refractivity contribution in [1.82, 2.24) is 5.32 Å². The summed E-state index contributed by atoms with van der Waals surface area (Å²) in [6.07, 6.45) is 10.7. The highest BCUT2D eigenvalue weighted by molar-refractivity contribution is 5.75. The minimum Gasteiger partial charge on any atom is -0.481 e. The van der Waals surface area contributed by atoms with Crippen LogP contribution >= 0.6 is 0 Å². The smallest absolute Gasteiger partial charge is 0.309 e. The molecule has 0 amide bonds. The van der Waals surface area contributed by atoms with Gasteiger partial charge in [0.25, 0.3) is 0 Å². The second-order valence-electron chi connectivity index (χ2n) is 12.1. The first kappa shape index (κ1) is 20.5. The Balaban J connectivity index is 1.40. The van der Waals surface area contributed by atoms with Crippen molar-refractivity contribution in [2.45, 2.75) is 91.1 Å². The molecular formula is C27H39NO2. The van der Waals surface area contributed by atoms with Crippen LogP contribution in [0.1, 0.15) is 84.1 Å². The van der Waals surface area contributed by atoms with Crippen LogP contribution in [0.4, 0.5) is 0 Å². The molecule has 1 spiro atoms. The average Bonchev–Trinajstić information content (AvgIpc) is 2.91. The molecule has 2 unspecified atom stereocenters. The van der Waals surface area contributed by atoms with E-state index in [9.17, 15) is 9.90 Å². The Morgan fingerprint density at radius 3 is 2.50 bits per heavy atom. The molecule has 4 aliphatic rings. The molecule has 2 bridgehead atoms. The number of carboxylic acids is 1. The van der Waals surface area contributed by atoms with Gasteiger partial charge in [-0.3, -0.25) is 4.79 Å². The number of hydrogen-bond donors (Lipinski definition) is 2. The Labute approximate surface area is 182 Å². The number of hydrogen-bond acceptors (Lipinski definition) is 2. The monoisotopic (exact) mass is 409 g/mol. The summed E-state index contributed by atoms with van der Waals surface area (Å²) in [4.78, 5) is 12.3. The van der Waals surface area contributed by atoms with Crippen LogP contribution in [0, 0.1) is 33.5 Å². The second kappa shape index (κ2) is 6.82. The summed E-state index contributed by atoms with van der Waals surface area (Å²) < 4.78 is 0. The molecule has 0 radical (unpaired) electrons. The van der Waals surface area contributed by atoms with E-state index in [0.717, 1.165) is 25.8 Å². The van der Waals surface area contributed by atoms with Gasteiger partial charge in [0.05, 0.1) is 5.41 Å². The van der Waals surface area contributed by atoms with E-state index in [4.69, 9.17) is 0 Å². The summed E-state index contributed by atoms with van der Waals surface area (Å²) in [5.41, 5.74) is 1.85. The molecule has 4 fully saturated rings. The fraction of sp³-hybridized carbons (Fsp3) is 0.741. The summed E-state index contributed by atoms with van der Waals surface area (Å²) in [5.74, 6) is 0.482. The zero-order valence-electron chi connectivity index (χ0n) is 19.0. The third-order valence-corrected chi connectivity index (χ3v) is 10.5. The van der Waals surface area contributed by atoms with E-state index in [1.165, 1.54) is 44.1 Å². The fourth-order valence-corrected chi connectivity index (χ4v) is 9.18. The molecule has 2 N–H and O–H groups in total. The van der Waals surface area contributed by atoms with E-state index in [1.807, 2.05) is 0 Å². The maximum atomic E-state index is 12.3. The van der Waals surface area contributed by atoms with Gasteiger partial charge in [0.15, 0.2) is 0 Å². The van der Waals surface area contributed by atoms with Crippen molar-refractivity contribution < 1.29 is 9.90 Å². The van der Waals surface area contributed by atoms with Gasteiger partial charge in [0.2, 0.25) is 0 Å². The number of fused-ring (bicyclic) bond motifs is 3. The zero-order chi connectivity index (χ0) is 21.2. The van der Waals surface area contributed by atoms with Gasteiger partial charge in [0.1, 0.15) is 0 Å². The van der Waals surface area contributed by atoms with Gasteiger partial charge in [0, 0.05) is 12.6 Å². The van der Waals surface area contributed by atoms with Crippen LogP contribution in [0.15, 0.2) is 30.3 Å². The van der Waals surface area contributed by atoms with Gasteiger partial charge in [-0.1, -0.05) is 50.6 Å². The third kappa shape index (κ3) is 2.83. The maximum Gasteiger partial charge on any atom is 0.309 e. The number of carbonyl (C=O) groups is 1. The Hall–Kier alpha value is -1.35. The third-order valence-electron chi connectivity index (χ3n) is 10.5. The number of nitrogens with one attached hydrogen (secondary N) is 1. The van der Waals surface area contributed by atoms with Crippen LogP contribution in [0.2, 0.25) is 0 Å². The molecule has 30 heavy (non-hydrogen) atoms. The Morgan fingerprint density at radius 2 is 1.77 bits per heavy atom. The fourth-order valence-electron chi connectivity index (χ4n) is 9.18. The molecule has 4 aliphatic carbocycles. The number of aliphatic carboxylic acids is 1. The van der Waals surface area contributed by atoms with Crippen LogP contribution in [0.25, 0.3) is 0 Å². The normalized spacial score (nSPS) is 47.4. The minimum atomic E-state index is -0.552. The van der Waals surface area contributed by atoms with Gasteiger partial charge in [-0.2, -0.15) is 0 Å². The van der Waals surface area contributed by atoms with E-state index in [1.54, 1.807) is 0 Å². The molecule has 0 saturated heterocycles. The number of benzene rings is 1. The van der Waals surface area contributed by atoms with Crippen molar-refractivity contribution in [2.24, 2.45) is 33.5 Å². The molecule has 0 aromatic heterocycles.